The number of hydrogen-bond donors (Lipinski definition) is 3. The molecule has 0 bridgehead atoms. The molecule has 0 aliphatic carbocycles. The number of hydrazine groups is 1. The quantitative estimate of drug-likeness (QED) is 0.594. The van der Waals surface area contributed by atoms with Crippen LogP contribution in [-0.2, 0) is 5.41 Å². The van der Waals surface area contributed by atoms with Gasteiger partial charge in [0.2, 0.25) is 0 Å². The summed E-state index contributed by atoms with van der Waals surface area (Å²) in [7, 11) is 0. The summed E-state index contributed by atoms with van der Waals surface area (Å²) >= 11 is 0. The predicted octanol–water partition coefficient (Wildman–Crippen LogP) is 3.23. The van der Waals surface area contributed by atoms with E-state index in [0.717, 1.165) is 11.6 Å². The number of anilines is 2. The van der Waals surface area contributed by atoms with Gasteiger partial charge in [-0.05, 0) is 12.5 Å². The van der Waals surface area contributed by atoms with Crippen LogP contribution in [0.5, 0.6) is 0 Å². The van der Waals surface area contributed by atoms with Gasteiger partial charge in [-0.25, -0.2) is 15.8 Å². The van der Waals surface area contributed by atoms with Crippen LogP contribution in [0.3, 0.4) is 0 Å². The van der Waals surface area contributed by atoms with E-state index in [-0.39, 0.29) is 11.5 Å². The van der Waals surface area contributed by atoms with E-state index < -0.39 is 0 Å². The number of aromatic nitrogens is 2. The molecule has 0 spiro atoms. The molecule has 0 saturated carbocycles. The summed E-state index contributed by atoms with van der Waals surface area (Å²) in [6.45, 7) is 8.33. The minimum atomic E-state index is -0.140. The molecular weight excluding hydrogens is 262 g/mol. The average Bonchev–Trinajstić information content (AvgIpc) is 2.46. The van der Waals surface area contributed by atoms with Crippen molar-refractivity contribution in [2.45, 2.75) is 39.2 Å². The molecular formula is C16H23N5. The maximum Gasteiger partial charge on any atom is 0.145 e. The number of hydrogen-bond acceptors (Lipinski definition) is 5. The summed E-state index contributed by atoms with van der Waals surface area (Å²) in [4.78, 5) is 9.02. The maximum atomic E-state index is 5.50. The highest BCUT2D eigenvalue weighted by atomic mass is 15.3. The van der Waals surface area contributed by atoms with Crippen molar-refractivity contribution in [3.8, 4) is 0 Å². The Labute approximate surface area is 126 Å². The largest absolute Gasteiger partial charge is 0.363 e. The highest BCUT2D eigenvalue weighted by Gasteiger charge is 2.19. The Hall–Kier alpha value is -2.14. The summed E-state index contributed by atoms with van der Waals surface area (Å²) in [6, 6.07) is 12.2. The highest BCUT2D eigenvalue weighted by Crippen LogP contribution is 2.24. The number of rotatable bonds is 4. The van der Waals surface area contributed by atoms with Crippen LogP contribution in [0, 0.1) is 0 Å². The van der Waals surface area contributed by atoms with Gasteiger partial charge in [0.15, 0.2) is 0 Å². The lowest BCUT2D eigenvalue weighted by atomic mass is 9.96. The zero-order valence-electron chi connectivity index (χ0n) is 13.0. The van der Waals surface area contributed by atoms with Gasteiger partial charge in [-0.15, -0.1) is 0 Å². The molecule has 1 heterocycles. The summed E-state index contributed by atoms with van der Waals surface area (Å²) in [5.74, 6) is 7.63. The highest BCUT2D eigenvalue weighted by molar-refractivity contribution is 5.48. The Kier molecular flexibility index (Phi) is 4.43. The zero-order chi connectivity index (χ0) is 15.5. The van der Waals surface area contributed by atoms with Crippen molar-refractivity contribution in [2.75, 3.05) is 10.7 Å². The second-order valence-electron chi connectivity index (χ2n) is 6.13. The standard InChI is InChI=1S/C16H23N5/c1-11(12-8-6-5-7-9-12)18-13-10-14(21-17)20-15(19-13)16(2,3)4/h5-11H,17H2,1-4H3,(H2,18,19,20,21). The van der Waals surface area contributed by atoms with Crippen molar-refractivity contribution in [1.82, 2.24) is 9.97 Å². The first-order valence-electron chi connectivity index (χ1n) is 7.08. The fraction of sp³-hybridized carbons (Fsp3) is 0.375. The first-order valence-corrected chi connectivity index (χ1v) is 7.08. The monoisotopic (exact) mass is 285 g/mol. The molecule has 0 aliphatic heterocycles. The second kappa shape index (κ2) is 6.10. The minimum absolute atomic E-state index is 0.140. The van der Waals surface area contributed by atoms with E-state index in [1.54, 1.807) is 0 Å². The van der Waals surface area contributed by atoms with Crippen molar-refractivity contribution >= 4 is 11.6 Å². The molecule has 1 atom stereocenters. The SMILES string of the molecule is CC(Nc1cc(NN)nc(C(C)(C)C)n1)c1ccccc1. The van der Waals surface area contributed by atoms with Crippen molar-refractivity contribution < 1.29 is 0 Å². The van der Waals surface area contributed by atoms with Gasteiger partial charge >= 0.3 is 0 Å². The lowest BCUT2D eigenvalue weighted by Crippen LogP contribution is -2.20. The van der Waals surface area contributed by atoms with Gasteiger partial charge in [-0.3, -0.25) is 0 Å². The maximum absolute atomic E-state index is 5.50. The van der Waals surface area contributed by atoms with E-state index in [9.17, 15) is 0 Å². The van der Waals surface area contributed by atoms with Crippen molar-refractivity contribution in [2.24, 2.45) is 5.84 Å². The number of benzene rings is 1. The Morgan fingerprint density at radius 3 is 2.24 bits per heavy atom. The summed E-state index contributed by atoms with van der Waals surface area (Å²) < 4.78 is 0. The van der Waals surface area contributed by atoms with E-state index in [2.05, 4.69) is 60.5 Å². The molecule has 1 aromatic heterocycles. The van der Waals surface area contributed by atoms with Crippen LogP contribution in [-0.4, -0.2) is 9.97 Å². The van der Waals surface area contributed by atoms with Crippen molar-refractivity contribution in [3.05, 3.63) is 47.8 Å². The molecule has 0 fully saturated rings. The van der Waals surface area contributed by atoms with Gasteiger partial charge in [0.05, 0.1) is 0 Å². The van der Waals surface area contributed by atoms with Crippen LogP contribution >= 0.6 is 0 Å². The van der Waals surface area contributed by atoms with Gasteiger partial charge in [-0.1, -0.05) is 51.1 Å². The molecule has 0 amide bonds. The molecule has 1 aromatic carbocycles. The molecule has 2 rings (SSSR count). The third-order valence-electron chi connectivity index (χ3n) is 3.21. The van der Waals surface area contributed by atoms with Crippen LogP contribution in [0.1, 0.15) is 45.1 Å². The molecule has 1 unspecified atom stereocenters. The Morgan fingerprint density at radius 1 is 1.05 bits per heavy atom. The lowest BCUT2D eigenvalue weighted by molar-refractivity contribution is 0.546. The third-order valence-corrected chi connectivity index (χ3v) is 3.21. The normalized spacial score (nSPS) is 12.8. The van der Waals surface area contributed by atoms with Gasteiger partial charge in [-0.2, -0.15) is 0 Å². The molecule has 0 aliphatic rings. The van der Waals surface area contributed by atoms with Crippen molar-refractivity contribution in [1.29, 1.82) is 0 Å². The Bertz CT molecular complexity index is 589. The van der Waals surface area contributed by atoms with E-state index in [0.29, 0.717) is 5.82 Å². The van der Waals surface area contributed by atoms with Gasteiger partial charge < -0.3 is 10.7 Å². The molecule has 0 radical (unpaired) electrons. The summed E-state index contributed by atoms with van der Waals surface area (Å²) in [5, 5.41) is 3.40. The number of nitrogen functional groups attached to an aromatic ring is 1. The van der Waals surface area contributed by atoms with Crippen LogP contribution < -0.4 is 16.6 Å². The van der Waals surface area contributed by atoms with Gasteiger partial charge in [0, 0.05) is 17.5 Å². The molecule has 2 aromatic rings. The smallest absolute Gasteiger partial charge is 0.145 e. The van der Waals surface area contributed by atoms with Crippen LogP contribution in [0.15, 0.2) is 36.4 Å². The van der Waals surface area contributed by atoms with E-state index in [4.69, 9.17) is 5.84 Å². The Balaban J connectivity index is 2.27. The Morgan fingerprint density at radius 2 is 1.67 bits per heavy atom. The molecule has 4 N–H and O–H groups in total. The fourth-order valence-corrected chi connectivity index (χ4v) is 1.98. The van der Waals surface area contributed by atoms with Crippen molar-refractivity contribution in [3.63, 3.8) is 0 Å². The molecule has 21 heavy (non-hydrogen) atoms. The summed E-state index contributed by atoms with van der Waals surface area (Å²) in [5.41, 5.74) is 3.67. The topological polar surface area (TPSA) is 75.9 Å². The van der Waals surface area contributed by atoms with Gasteiger partial charge in [0.1, 0.15) is 17.5 Å². The van der Waals surface area contributed by atoms with Crippen LogP contribution in [0.2, 0.25) is 0 Å². The number of nitrogens with one attached hydrogen (secondary N) is 2. The molecule has 5 nitrogen and oxygen atoms in total. The minimum Gasteiger partial charge on any atom is -0.363 e. The first kappa shape index (κ1) is 15.3. The van der Waals surface area contributed by atoms with Crippen LogP contribution in [0.4, 0.5) is 11.6 Å². The molecule has 5 heteroatoms. The predicted molar refractivity (Wildman–Crippen MR) is 87.0 cm³/mol. The fourth-order valence-electron chi connectivity index (χ4n) is 1.98. The van der Waals surface area contributed by atoms with E-state index in [1.807, 2.05) is 24.3 Å². The third kappa shape index (κ3) is 3.92. The van der Waals surface area contributed by atoms with E-state index >= 15 is 0 Å². The summed E-state index contributed by atoms with van der Waals surface area (Å²) in [6.07, 6.45) is 0. The van der Waals surface area contributed by atoms with Gasteiger partial charge in [0.25, 0.3) is 0 Å². The van der Waals surface area contributed by atoms with Crippen LogP contribution in [0.25, 0.3) is 0 Å². The molecule has 0 saturated heterocycles. The number of nitrogens with two attached hydrogens (primary N) is 1. The zero-order valence-corrected chi connectivity index (χ0v) is 13.0. The lowest BCUT2D eigenvalue weighted by Gasteiger charge is -2.20. The first-order chi connectivity index (χ1) is 9.90. The second-order valence-corrected chi connectivity index (χ2v) is 6.13. The number of nitrogens with zero attached hydrogens (tertiary/aromatic N) is 2. The molecule has 112 valence electrons. The average molecular weight is 285 g/mol. The van der Waals surface area contributed by atoms with E-state index in [1.165, 1.54) is 5.56 Å².